The lowest BCUT2D eigenvalue weighted by atomic mass is 9.99. The van der Waals surface area contributed by atoms with Crippen LogP contribution in [-0.4, -0.2) is 49.0 Å². The first kappa shape index (κ1) is 24.2. The van der Waals surface area contributed by atoms with E-state index in [1.165, 1.54) is 16.4 Å². The number of ether oxygens (including phenoxy) is 1. The summed E-state index contributed by atoms with van der Waals surface area (Å²) >= 11 is 6.27. The molecule has 0 saturated carbocycles. The Balaban J connectivity index is 1.47. The van der Waals surface area contributed by atoms with Crippen LogP contribution in [0.4, 0.5) is 0 Å². The van der Waals surface area contributed by atoms with E-state index in [4.69, 9.17) is 20.9 Å². The smallest absolute Gasteiger partial charge is 0.244 e. The number of sulfonamides is 1. The maximum Gasteiger partial charge on any atom is 0.244 e. The molecule has 34 heavy (non-hydrogen) atoms. The summed E-state index contributed by atoms with van der Waals surface area (Å²) in [5, 5.41) is 6.84. The summed E-state index contributed by atoms with van der Waals surface area (Å²) < 4.78 is 38.3. The number of methoxy groups -OCH3 is 1. The molecule has 1 aromatic heterocycles. The average molecular weight is 505 g/mol. The van der Waals surface area contributed by atoms with E-state index in [9.17, 15) is 13.2 Å². The Kier molecular flexibility index (Phi) is 7.20. The topological polar surface area (TPSA) is 115 Å². The number of nitrogens with zero attached hydrogens (tertiary/aromatic N) is 3. The number of nitrogens with one attached hydrogen (secondary N) is 1. The van der Waals surface area contributed by atoms with Crippen molar-refractivity contribution in [2.45, 2.75) is 31.2 Å². The highest BCUT2D eigenvalue weighted by Gasteiger charge is 2.34. The van der Waals surface area contributed by atoms with Gasteiger partial charge >= 0.3 is 0 Å². The largest absolute Gasteiger partial charge is 0.497 e. The molecule has 0 aliphatic carbocycles. The summed E-state index contributed by atoms with van der Waals surface area (Å²) in [6.45, 7) is 2.40. The van der Waals surface area contributed by atoms with Gasteiger partial charge in [-0.2, -0.15) is 9.29 Å². The van der Waals surface area contributed by atoms with Crippen molar-refractivity contribution in [3.63, 3.8) is 0 Å². The predicted molar refractivity (Wildman–Crippen MR) is 126 cm³/mol. The van der Waals surface area contributed by atoms with Gasteiger partial charge in [-0.1, -0.05) is 28.9 Å². The first-order valence-electron chi connectivity index (χ1n) is 10.8. The van der Waals surface area contributed by atoms with Gasteiger partial charge in [0.15, 0.2) is 0 Å². The van der Waals surface area contributed by atoms with Crippen molar-refractivity contribution in [3.8, 4) is 17.1 Å². The zero-order valence-electron chi connectivity index (χ0n) is 18.8. The fourth-order valence-corrected chi connectivity index (χ4v) is 5.87. The highest BCUT2D eigenvalue weighted by Crippen LogP contribution is 2.31. The third kappa shape index (κ3) is 5.24. The Hall–Kier alpha value is -2.95. The van der Waals surface area contributed by atoms with Crippen LogP contribution in [0.15, 0.2) is 51.9 Å². The van der Waals surface area contributed by atoms with Crippen molar-refractivity contribution in [1.29, 1.82) is 0 Å². The number of carbonyl (C=O) groups is 1. The van der Waals surface area contributed by atoms with Gasteiger partial charge in [0.05, 0.1) is 18.1 Å². The number of hydrogen-bond acceptors (Lipinski definition) is 7. The summed E-state index contributed by atoms with van der Waals surface area (Å²) in [4.78, 5) is 16.9. The second-order valence-corrected chi connectivity index (χ2v) is 10.4. The minimum atomic E-state index is -3.94. The first-order chi connectivity index (χ1) is 16.3. The predicted octanol–water partition coefficient (Wildman–Crippen LogP) is 3.42. The van der Waals surface area contributed by atoms with E-state index in [0.717, 1.165) is 11.3 Å². The highest BCUT2D eigenvalue weighted by atomic mass is 35.5. The van der Waals surface area contributed by atoms with Gasteiger partial charge in [-0.25, -0.2) is 8.42 Å². The zero-order valence-corrected chi connectivity index (χ0v) is 20.4. The van der Waals surface area contributed by atoms with Gasteiger partial charge in [0.2, 0.25) is 27.6 Å². The molecule has 3 aromatic rings. The lowest BCUT2D eigenvalue weighted by Crippen LogP contribution is -2.45. The highest BCUT2D eigenvalue weighted by molar-refractivity contribution is 7.89. The van der Waals surface area contributed by atoms with E-state index in [1.807, 2.05) is 24.3 Å². The summed E-state index contributed by atoms with van der Waals surface area (Å²) in [7, 11) is -2.34. The third-order valence-corrected chi connectivity index (χ3v) is 8.06. The summed E-state index contributed by atoms with van der Waals surface area (Å²) in [6.07, 6.45) is 1.18. The molecule has 1 amide bonds. The molecule has 1 aliphatic heterocycles. The molecule has 0 radical (unpaired) electrons. The Morgan fingerprint density at radius 3 is 2.71 bits per heavy atom. The molecular weight excluding hydrogens is 480 g/mol. The number of aromatic nitrogens is 2. The van der Waals surface area contributed by atoms with E-state index in [0.29, 0.717) is 37.4 Å². The van der Waals surface area contributed by atoms with Crippen molar-refractivity contribution in [2.75, 3.05) is 20.2 Å². The molecular formula is C23H25ClN4O5S. The lowest BCUT2D eigenvalue weighted by Gasteiger charge is -2.31. The monoisotopic (exact) mass is 504 g/mol. The second kappa shape index (κ2) is 10.1. The van der Waals surface area contributed by atoms with Gasteiger partial charge in [0.25, 0.3) is 0 Å². The van der Waals surface area contributed by atoms with Crippen molar-refractivity contribution in [1.82, 2.24) is 19.8 Å². The molecule has 0 spiro atoms. The van der Waals surface area contributed by atoms with E-state index in [-0.39, 0.29) is 28.2 Å². The van der Waals surface area contributed by atoms with Crippen LogP contribution in [-0.2, 0) is 21.4 Å². The minimum Gasteiger partial charge on any atom is -0.497 e. The minimum absolute atomic E-state index is 0.0478. The van der Waals surface area contributed by atoms with Crippen LogP contribution < -0.4 is 10.1 Å². The molecule has 1 saturated heterocycles. The number of aryl methyl sites for hydroxylation is 1. The average Bonchev–Trinajstić information content (AvgIpc) is 3.29. The van der Waals surface area contributed by atoms with Crippen molar-refractivity contribution in [2.24, 2.45) is 5.92 Å². The Labute approximate surface area is 203 Å². The molecule has 2 heterocycles. The molecule has 0 bridgehead atoms. The number of carbonyl (C=O) groups excluding carboxylic acids is 1. The van der Waals surface area contributed by atoms with Crippen LogP contribution in [0.5, 0.6) is 5.75 Å². The molecule has 2 aromatic carbocycles. The van der Waals surface area contributed by atoms with Gasteiger partial charge in [0.1, 0.15) is 10.6 Å². The van der Waals surface area contributed by atoms with Crippen LogP contribution >= 0.6 is 11.6 Å². The quantitative estimate of drug-likeness (QED) is 0.524. The molecule has 1 N–H and O–H groups in total. The molecule has 0 unspecified atom stereocenters. The van der Waals surface area contributed by atoms with Gasteiger partial charge in [-0.3, -0.25) is 4.79 Å². The van der Waals surface area contributed by atoms with Crippen molar-refractivity contribution >= 4 is 27.5 Å². The lowest BCUT2D eigenvalue weighted by molar-refractivity contribution is -0.126. The summed E-state index contributed by atoms with van der Waals surface area (Å²) in [5.41, 5.74) is 1.40. The van der Waals surface area contributed by atoms with E-state index >= 15 is 0 Å². The van der Waals surface area contributed by atoms with Gasteiger partial charge in [0, 0.05) is 32.1 Å². The SMILES string of the molecule is COc1ccc(CNC(=O)[C@@H]2CCCN(S(=O)(=O)c3cc(-c4noc(C)n4)ccc3Cl)C2)cc1. The Bertz CT molecular complexity index is 1280. The molecule has 11 heteroatoms. The molecule has 1 fully saturated rings. The first-order valence-corrected chi connectivity index (χ1v) is 12.6. The number of benzene rings is 2. The number of halogens is 1. The van der Waals surface area contributed by atoms with Gasteiger partial charge < -0.3 is 14.6 Å². The van der Waals surface area contributed by atoms with E-state index in [2.05, 4.69) is 15.5 Å². The van der Waals surface area contributed by atoms with Crippen molar-refractivity contribution < 1.29 is 22.5 Å². The summed E-state index contributed by atoms with van der Waals surface area (Å²) in [5.74, 6) is 0.746. The maximum absolute atomic E-state index is 13.4. The molecule has 1 aliphatic rings. The standard InChI is InChI=1S/C23H25ClN4O5S/c1-15-26-22(27-33-15)17-7-10-20(24)21(12-17)34(30,31)28-11-3-4-18(14-28)23(29)25-13-16-5-8-19(32-2)9-6-16/h5-10,12,18H,3-4,11,13-14H2,1-2H3,(H,25,29)/t18-/m1/s1. The molecule has 180 valence electrons. The van der Waals surface area contributed by atoms with Crippen LogP contribution in [0.2, 0.25) is 5.02 Å². The van der Waals surface area contributed by atoms with Crippen LogP contribution in [0.3, 0.4) is 0 Å². The molecule has 9 nitrogen and oxygen atoms in total. The number of amides is 1. The Morgan fingerprint density at radius 1 is 1.26 bits per heavy atom. The number of rotatable bonds is 7. The fraction of sp³-hybridized carbons (Fsp3) is 0.348. The Morgan fingerprint density at radius 2 is 2.03 bits per heavy atom. The maximum atomic E-state index is 13.4. The normalized spacial score (nSPS) is 16.9. The summed E-state index contributed by atoms with van der Waals surface area (Å²) in [6, 6.07) is 12.0. The number of piperidine rings is 1. The van der Waals surface area contributed by atoms with Crippen LogP contribution in [0.1, 0.15) is 24.3 Å². The van der Waals surface area contributed by atoms with Crippen molar-refractivity contribution in [3.05, 3.63) is 58.9 Å². The second-order valence-electron chi connectivity index (χ2n) is 8.05. The molecule has 4 rings (SSSR count). The number of hydrogen-bond donors (Lipinski definition) is 1. The van der Waals surface area contributed by atoms with Crippen LogP contribution in [0.25, 0.3) is 11.4 Å². The fourth-order valence-electron chi connectivity index (χ4n) is 3.85. The zero-order chi connectivity index (χ0) is 24.3. The van der Waals surface area contributed by atoms with Crippen LogP contribution in [0, 0.1) is 12.8 Å². The van der Waals surface area contributed by atoms with E-state index < -0.39 is 15.9 Å². The third-order valence-electron chi connectivity index (χ3n) is 5.72. The van der Waals surface area contributed by atoms with E-state index in [1.54, 1.807) is 20.1 Å². The molecule has 1 atom stereocenters. The van der Waals surface area contributed by atoms with Gasteiger partial charge in [-0.15, -0.1) is 0 Å². The van der Waals surface area contributed by atoms with Gasteiger partial charge in [-0.05, 0) is 48.7 Å².